The molecule has 0 N–H and O–H groups in total. The third-order valence-corrected chi connectivity index (χ3v) is 6.61. The summed E-state index contributed by atoms with van der Waals surface area (Å²) < 4.78 is 10.8. The molecule has 0 aliphatic carbocycles. The topological polar surface area (TPSA) is 91.1 Å². The van der Waals surface area contributed by atoms with E-state index in [2.05, 4.69) is 15.4 Å². The Balaban J connectivity index is 1.42. The fourth-order valence-electron chi connectivity index (χ4n) is 3.80. The molecule has 0 fully saturated rings. The third kappa shape index (κ3) is 4.17. The zero-order valence-electron chi connectivity index (χ0n) is 18.3. The van der Waals surface area contributed by atoms with Gasteiger partial charge in [-0.2, -0.15) is 5.10 Å². The lowest BCUT2D eigenvalue weighted by Crippen LogP contribution is -2.34. The van der Waals surface area contributed by atoms with Crippen molar-refractivity contribution >= 4 is 45.6 Å². The smallest absolute Gasteiger partial charge is 0.283 e. The maximum Gasteiger partial charge on any atom is 0.283 e. The van der Waals surface area contributed by atoms with Crippen molar-refractivity contribution in [3.63, 3.8) is 0 Å². The van der Waals surface area contributed by atoms with Crippen molar-refractivity contribution in [3.8, 4) is 11.5 Å². The van der Waals surface area contributed by atoms with Gasteiger partial charge in [-0.25, -0.2) is 5.01 Å². The number of fused-ring (bicyclic) bond motifs is 1. The monoisotopic (exact) mass is 497 g/mol. The van der Waals surface area contributed by atoms with E-state index in [4.69, 9.17) is 25.9 Å². The van der Waals surface area contributed by atoms with Crippen molar-refractivity contribution in [1.82, 2.24) is 20.2 Å². The fourth-order valence-corrected chi connectivity index (χ4v) is 4.69. The maximum absolute atomic E-state index is 13.3. The lowest BCUT2D eigenvalue weighted by atomic mass is 10.0. The number of nitrogens with zero attached hydrogens (tertiary/aromatic N) is 5. The summed E-state index contributed by atoms with van der Waals surface area (Å²) in [6, 6.07) is 14.4. The van der Waals surface area contributed by atoms with Crippen LogP contribution in [0.15, 0.2) is 59.0 Å². The number of aromatic nitrogens is 3. The predicted molar refractivity (Wildman–Crippen MR) is 129 cm³/mol. The van der Waals surface area contributed by atoms with Crippen LogP contribution in [0.2, 0.25) is 5.02 Å². The van der Waals surface area contributed by atoms with Crippen molar-refractivity contribution in [1.29, 1.82) is 0 Å². The van der Waals surface area contributed by atoms with Gasteiger partial charge in [0.05, 0.1) is 30.9 Å². The molecule has 5 rings (SSSR count). The Hall–Kier alpha value is -3.63. The minimum Gasteiger partial charge on any atom is -0.493 e. The van der Waals surface area contributed by atoms with E-state index in [9.17, 15) is 4.79 Å². The molecule has 0 saturated heterocycles. The second-order valence-electron chi connectivity index (χ2n) is 7.47. The van der Waals surface area contributed by atoms with Crippen LogP contribution in [-0.2, 0) is 4.79 Å². The highest BCUT2D eigenvalue weighted by Crippen LogP contribution is 2.37. The van der Waals surface area contributed by atoms with E-state index in [0.717, 1.165) is 16.2 Å². The van der Waals surface area contributed by atoms with Crippen LogP contribution >= 0.6 is 22.9 Å². The maximum atomic E-state index is 13.3. The van der Waals surface area contributed by atoms with Crippen molar-refractivity contribution in [2.75, 3.05) is 20.8 Å². The number of carbonyl (C=O) groups is 1. The first-order valence-electron chi connectivity index (χ1n) is 10.4. The van der Waals surface area contributed by atoms with Crippen LogP contribution in [0.5, 0.6) is 11.5 Å². The summed E-state index contributed by atoms with van der Waals surface area (Å²) in [5, 5.41) is 16.6. The summed E-state index contributed by atoms with van der Waals surface area (Å²) in [5.74, 6) is 0.873. The van der Waals surface area contributed by atoms with Crippen LogP contribution in [-0.4, -0.2) is 52.6 Å². The van der Waals surface area contributed by atoms with Crippen molar-refractivity contribution < 1.29 is 19.1 Å². The second-order valence-corrected chi connectivity index (χ2v) is 8.85. The molecule has 3 heterocycles. The number of hydrazone groups is 1. The molecule has 1 atom stereocenters. The molecule has 0 bridgehead atoms. The second kappa shape index (κ2) is 9.32. The Bertz CT molecular complexity index is 1370. The molecular weight excluding hydrogens is 478 g/mol. The highest BCUT2D eigenvalue weighted by molar-refractivity contribution is 7.12. The first-order valence-corrected chi connectivity index (χ1v) is 11.6. The molecule has 0 saturated carbocycles. The van der Waals surface area contributed by atoms with Crippen LogP contribution in [0.1, 0.15) is 22.9 Å². The number of benzene rings is 2. The number of ether oxygens (including phenoxy) is 2. The summed E-state index contributed by atoms with van der Waals surface area (Å²) in [5.41, 5.74) is 2.89. The first-order chi connectivity index (χ1) is 16.6. The number of hydrogen-bond acceptors (Lipinski definition) is 8. The van der Waals surface area contributed by atoms with Crippen LogP contribution in [0.4, 0.5) is 0 Å². The zero-order chi connectivity index (χ0) is 23.7. The molecule has 9 nitrogen and oxygen atoms in total. The van der Waals surface area contributed by atoms with Gasteiger partial charge < -0.3 is 14.3 Å². The van der Waals surface area contributed by atoms with Crippen molar-refractivity contribution in [2.45, 2.75) is 12.5 Å². The molecule has 11 heteroatoms. The number of rotatable bonds is 7. The Morgan fingerprint density at radius 3 is 2.76 bits per heavy atom. The molecule has 1 amide bonds. The molecule has 174 valence electrons. The fraction of sp³-hybridized carbons (Fsp3) is 0.217. The molecule has 1 aliphatic rings. The number of methoxy groups -OCH3 is 2. The van der Waals surface area contributed by atoms with Gasteiger partial charge >= 0.3 is 0 Å². The van der Waals surface area contributed by atoms with Gasteiger partial charge in [-0.15, -0.1) is 16.4 Å². The van der Waals surface area contributed by atoms with Gasteiger partial charge in [0.2, 0.25) is 0 Å². The van der Waals surface area contributed by atoms with Gasteiger partial charge in [0.1, 0.15) is 11.0 Å². The largest absolute Gasteiger partial charge is 0.493 e. The molecule has 1 unspecified atom stereocenters. The van der Waals surface area contributed by atoms with E-state index in [0.29, 0.717) is 34.0 Å². The van der Waals surface area contributed by atoms with E-state index in [-0.39, 0.29) is 18.6 Å². The molecule has 0 spiro atoms. The highest BCUT2D eigenvalue weighted by Gasteiger charge is 2.34. The zero-order valence-corrected chi connectivity index (χ0v) is 19.9. The van der Waals surface area contributed by atoms with Crippen LogP contribution < -0.4 is 14.3 Å². The third-order valence-electron chi connectivity index (χ3n) is 5.45. The van der Waals surface area contributed by atoms with Crippen molar-refractivity contribution in [3.05, 3.63) is 69.4 Å². The average Bonchev–Trinajstić information content (AvgIpc) is 3.61. The molecule has 4 aromatic rings. The molecule has 34 heavy (non-hydrogen) atoms. The number of thiophene rings is 1. The predicted octanol–water partition coefficient (Wildman–Crippen LogP) is 3.97. The summed E-state index contributed by atoms with van der Waals surface area (Å²) in [6.07, 6.45) is 0.559. The summed E-state index contributed by atoms with van der Waals surface area (Å²) in [6.45, 7) is -0.282. The Kier molecular flexibility index (Phi) is 6.08. The summed E-state index contributed by atoms with van der Waals surface area (Å²) in [7, 11) is 3.16. The van der Waals surface area contributed by atoms with Gasteiger partial charge in [-0.1, -0.05) is 28.6 Å². The SMILES string of the molecule is COc1ccc(C2CC(c3cccs3)=NN2C(=O)COn2nnc3ccc(Cl)cc32)cc1OC. The molecular formula is C23H20ClN5O4S. The van der Waals surface area contributed by atoms with Crippen LogP contribution in [0.25, 0.3) is 11.0 Å². The number of carbonyl (C=O) groups excluding carboxylic acids is 1. The molecule has 2 aromatic heterocycles. The summed E-state index contributed by atoms with van der Waals surface area (Å²) in [4.78, 5) is 21.1. The normalized spacial score (nSPS) is 15.4. The van der Waals surface area contributed by atoms with Gasteiger partial charge in [0.25, 0.3) is 5.91 Å². The molecule has 2 aromatic carbocycles. The minimum absolute atomic E-state index is 0.282. The van der Waals surface area contributed by atoms with Crippen LogP contribution in [0.3, 0.4) is 0 Å². The Morgan fingerprint density at radius 2 is 2.00 bits per heavy atom. The van der Waals surface area contributed by atoms with Crippen LogP contribution in [0, 0.1) is 0 Å². The summed E-state index contributed by atoms with van der Waals surface area (Å²) >= 11 is 7.66. The number of amides is 1. The Labute approximate surface area is 204 Å². The standard InChI is InChI=1S/C23H20ClN5O4S/c1-31-20-8-5-14(10-21(20)32-2)18-12-17(22-4-3-9-34-22)26-28(18)23(30)13-33-29-19-11-15(24)6-7-16(19)25-27-29/h3-11,18H,12-13H2,1-2H3. The van der Waals surface area contributed by atoms with Gasteiger partial charge in [-0.3, -0.25) is 4.79 Å². The molecule has 1 aliphatic heterocycles. The van der Waals surface area contributed by atoms with Gasteiger partial charge in [0, 0.05) is 11.4 Å². The lowest BCUT2D eigenvalue weighted by Gasteiger charge is -2.22. The van der Waals surface area contributed by atoms with E-state index in [1.807, 2.05) is 35.7 Å². The lowest BCUT2D eigenvalue weighted by molar-refractivity contribution is -0.138. The average molecular weight is 498 g/mol. The minimum atomic E-state index is -0.324. The van der Waals surface area contributed by atoms with Gasteiger partial charge in [0.15, 0.2) is 18.1 Å². The number of halogens is 1. The van der Waals surface area contributed by atoms with Gasteiger partial charge in [-0.05, 0) is 52.6 Å². The number of hydrogen-bond donors (Lipinski definition) is 0. The van der Waals surface area contributed by atoms with E-state index >= 15 is 0 Å². The Morgan fingerprint density at radius 1 is 1.15 bits per heavy atom. The van der Waals surface area contributed by atoms with E-state index in [1.54, 1.807) is 43.8 Å². The van der Waals surface area contributed by atoms with Crippen molar-refractivity contribution in [2.24, 2.45) is 5.10 Å². The highest BCUT2D eigenvalue weighted by atomic mass is 35.5. The molecule has 0 radical (unpaired) electrons. The van der Waals surface area contributed by atoms with E-state index in [1.165, 1.54) is 9.85 Å². The quantitative estimate of drug-likeness (QED) is 0.383. The van der Waals surface area contributed by atoms with E-state index < -0.39 is 0 Å². The first kappa shape index (κ1) is 22.2.